The third-order valence-corrected chi connectivity index (χ3v) is 2.23. The Labute approximate surface area is 84.2 Å². The van der Waals surface area contributed by atoms with E-state index in [0.717, 1.165) is 11.1 Å². The molecule has 0 aliphatic rings. The summed E-state index contributed by atoms with van der Waals surface area (Å²) in [6, 6.07) is 7.60. The van der Waals surface area contributed by atoms with E-state index in [9.17, 15) is 4.79 Å². The fourth-order valence-corrected chi connectivity index (χ4v) is 1.38. The molecule has 2 nitrogen and oxygen atoms in total. The first kappa shape index (κ1) is 10.5. The van der Waals surface area contributed by atoms with Crippen molar-refractivity contribution < 1.29 is 4.79 Å². The zero-order chi connectivity index (χ0) is 10.7. The molecule has 0 fully saturated rings. The third-order valence-electron chi connectivity index (χ3n) is 2.23. The van der Waals surface area contributed by atoms with Crippen molar-refractivity contribution >= 4 is 5.78 Å². The first-order valence-corrected chi connectivity index (χ1v) is 4.57. The van der Waals surface area contributed by atoms with Crippen LogP contribution in [-0.4, -0.2) is 5.78 Å². The number of carbonyl (C=O) groups excluding carboxylic acids is 1. The summed E-state index contributed by atoms with van der Waals surface area (Å²) in [6.45, 7) is 5.50. The summed E-state index contributed by atoms with van der Waals surface area (Å²) in [5.41, 5.74) is 2.73. The van der Waals surface area contributed by atoms with Gasteiger partial charge in [0.1, 0.15) is 5.92 Å². The number of benzene rings is 1. The normalized spacial score (nSPS) is 11.9. The summed E-state index contributed by atoms with van der Waals surface area (Å²) in [5, 5.41) is 8.64. The van der Waals surface area contributed by atoms with Crippen LogP contribution >= 0.6 is 0 Å². The first-order valence-electron chi connectivity index (χ1n) is 4.57. The molecule has 0 bridgehead atoms. The van der Waals surface area contributed by atoms with E-state index in [1.54, 1.807) is 13.0 Å². The highest BCUT2D eigenvalue weighted by Gasteiger charge is 2.15. The van der Waals surface area contributed by atoms with E-state index in [-0.39, 0.29) is 5.78 Å². The number of carbonyl (C=O) groups is 1. The highest BCUT2D eigenvalue weighted by molar-refractivity contribution is 6.00. The summed E-state index contributed by atoms with van der Waals surface area (Å²) in [4.78, 5) is 11.7. The van der Waals surface area contributed by atoms with Crippen molar-refractivity contribution in [3.8, 4) is 6.07 Å². The van der Waals surface area contributed by atoms with Gasteiger partial charge in [-0.05, 0) is 26.3 Å². The lowest BCUT2D eigenvalue weighted by atomic mass is 9.96. The van der Waals surface area contributed by atoms with Gasteiger partial charge in [-0.2, -0.15) is 5.26 Å². The van der Waals surface area contributed by atoms with E-state index >= 15 is 0 Å². The van der Waals surface area contributed by atoms with Gasteiger partial charge >= 0.3 is 0 Å². The smallest absolute Gasteiger partial charge is 0.179 e. The van der Waals surface area contributed by atoms with Gasteiger partial charge in [0.25, 0.3) is 0 Å². The molecule has 0 amide bonds. The number of ketones is 1. The lowest BCUT2D eigenvalue weighted by Crippen LogP contribution is -2.10. The third kappa shape index (κ3) is 2.00. The fourth-order valence-electron chi connectivity index (χ4n) is 1.38. The SMILES string of the molecule is Cc1ccc(C(=O)C(C)C#N)c(C)c1. The Kier molecular flexibility index (Phi) is 3.03. The molecule has 0 aliphatic heterocycles. The molecule has 1 aromatic carbocycles. The van der Waals surface area contributed by atoms with Crippen LogP contribution in [0.25, 0.3) is 0 Å². The Bertz CT molecular complexity index is 401. The van der Waals surface area contributed by atoms with Gasteiger partial charge < -0.3 is 0 Å². The molecule has 14 heavy (non-hydrogen) atoms. The number of hydrogen-bond donors (Lipinski definition) is 0. The van der Waals surface area contributed by atoms with Gasteiger partial charge in [0.15, 0.2) is 5.78 Å². The molecule has 0 radical (unpaired) electrons. The molecule has 0 N–H and O–H groups in total. The van der Waals surface area contributed by atoms with Crippen LogP contribution in [0.5, 0.6) is 0 Å². The zero-order valence-corrected chi connectivity index (χ0v) is 8.66. The molecular formula is C12H13NO. The maximum absolute atomic E-state index is 11.7. The van der Waals surface area contributed by atoms with Gasteiger partial charge in [0.2, 0.25) is 0 Å². The monoisotopic (exact) mass is 187 g/mol. The van der Waals surface area contributed by atoms with E-state index in [1.165, 1.54) is 0 Å². The second kappa shape index (κ2) is 4.06. The van der Waals surface area contributed by atoms with Gasteiger partial charge in [-0.3, -0.25) is 4.79 Å². The molecule has 1 unspecified atom stereocenters. The number of Topliss-reactive ketones (excluding diaryl/α,β-unsaturated/α-hetero) is 1. The van der Waals surface area contributed by atoms with E-state index in [4.69, 9.17) is 5.26 Å². The maximum atomic E-state index is 11.7. The number of aryl methyl sites for hydroxylation is 2. The van der Waals surface area contributed by atoms with Gasteiger partial charge in [0, 0.05) is 5.56 Å². The number of rotatable bonds is 2. The molecule has 72 valence electrons. The van der Waals surface area contributed by atoms with Crippen LogP contribution < -0.4 is 0 Å². The second-order valence-corrected chi connectivity index (χ2v) is 3.53. The molecule has 0 heterocycles. The summed E-state index contributed by atoms with van der Waals surface area (Å²) < 4.78 is 0. The molecule has 0 saturated carbocycles. The minimum absolute atomic E-state index is 0.0926. The Morgan fingerprint density at radius 1 is 1.43 bits per heavy atom. The number of nitrogens with zero attached hydrogens (tertiary/aromatic N) is 1. The molecule has 0 saturated heterocycles. The highest BCUT2D eigenvalue weighted by atomic mass is 16.1. The molecule has 1 aromatic rings. The van der Waals surface area contributed by atoms with E-state index in [0.29, 0.717) is 5.56 Å². The number of hydrogen-bond acceptors (Lipinski definition) is 2. The van der Waals surface area contributed by atoms with Gasteiger partial charge in [-0.1, -0.05) is 23.8 Å². The quantitative estimate of drug-likeness (QED) is 0.668. The molecule has 0 spiro atoms. The Morgan fingerprint density at radius 3 is 2.57 bits per heavy atom. The van der Waals surface area contributed by atoms with Crippen LogP contribution in [0.2, 0.25) is 0 Å². The highest BCUT2D eigenvalue weighted by Crippen LogP contribution is 2.14. The predicted molar refractivity (Wildman–Crippen MR) is 55.0 cm³/mol. The van der Waals surface area contributed by atoms with Crippen molar-refractivity contribution in [3.63, 3.8) is 0 Å². The Morgan fingerprint density at radius 2 is 2.07 bits per heavy atom. The Hall–Kier alpha value is -1.62. The Balaban J connectivity index is 3.09. The molecular weight excluding hydrogens is 174 g/mol. The molecule has 1 rings (SSSR count). The van der Waals surface area contributed by atoms with Gasteiger partial charge in [-0.25, -0.2) is 0 Å². The van der Waals surface area contributed by atoms with Crippen molar-refractivity contribution in [1.82, 2.24) is 0 Å². The van der Waals surface area contributed by atoms with Crippen molar-refractivity contribution in [2.24, 2.45) is 5.92 Å². The molecule has 0 aromatic heterocycles. The van der Waals surface area contributed by atoms with Crippen molar-refractivity contribution in [2.45, 2.75) is 20.8 Å². The largest absolute Gasteiger partial charge is 0.293 e. The van der Waals surface area contributed by atoms with E-state index < -0.39 is 5.92 Å². The van der Waals surface area contributed by atoms with E-state index in [1.807, 2.05) is 32.0 Å². The molecule has 0 aliphatic carbocycles. The molecule has 1 atom stereocenters. The minimum atomic E-state index is -0.559. The summed E-state index contributed by atoms with van der Waals surface area (Å²) in [7, 11) is 0. The minimum Gasteiger partial charge on any atom is -0.293 e. The topological polar surface area (TPSA) is 40.9 Å². The van der Waals surface area contributed by atoms with Crippen LogP contribution in [0, 0.1) is 31.1 Å². The standard InChI is InChI=1S/C12H13NO/c1-8-4-5-11(9(2)6-8)12(14)10(3)7-13/h4-6,10H,1-3H3. The lowest BCUT2D eigenvalue weighted by molar-refractivity contribution is 0.0956. The van der Waals surface area contributed by atoms with Crippen LogP contribution in [0.3, 0.4) is 0 Å². The fraction of sp³-hybridized carbons (Fsp3) is 0.333. The van der Waals surface area contributed by atoms with Gasteiger partial charge in [-0.15, -0.1) is 0 Å². The second-order valence-electron chi connectivity index (χ2n) is 3.53. The average Bonchev–Trinajstić information content (AvgIpc) is 2.15. The van der Waals surface area contributed by atoms with Crippen molar-refractivity contribution in [1.29, 1.82) is 5.26 Å². The van der Waals surface area contributed by atoms with Crippen molar-refractivity contribution in [3.05, 3.63) is 34.9 Å². The van der Waals surface area contributed by atoms with Crippen LogP contribution in [0.4, 0.5) is 0 Å². The summed E-state index contributed by atoms with van der Waals surface area (Å²) in [5.74, 6) is -0.651. The summed E-state index contributed by atoms with van der Waals surface area (Å²) >= 11 is 0. The van der Waals surface area contributed by atoms with Crippen molar-refractivity contribution in [2.75, 3.05) is 0 Å². The molecule has 2 heteroatoms. The maximum Gasteiger partial charge on any atom is 0.179 e. The predicted octanol–water partition coefficient (Wildman–Crippen LogP) is 2.65. The average molecular weight is 187 g/mol. The zero-order valence-electron chi connectivity index (χ0n) is 8.66. The number of nitriles is 1. The van der Waals surface area contributed by atoms with Crippen LogP contribution in [0.15, 0.2) is 18.2 Å². The summed E-state index contributed by atoms with van der Waals surface area (Å²) in [6.07, 6.45) is 0. The van der Waals surface area contributed by atoms with E-state index in [2.05, 4.69) is 0 Å². The lowest BCUT2D eigenvalue weighted by Gasteiger charge is -2.06. The van der Waals surface area contributed by atoms with Crippen LogP contribution in [-0.2, 0) is 0 Å². The first-order chi connectivity index (χ1) is 6.56. The van der Waals surface area contributed by atoms with Crippen LogP contribution in [0.1, 0.15) is 28.4 Å². The van der Waals surface area contributed by atoms with Gasteiger partial charge in [0.05, 0.1) is 6.07 Å².